The zero-order valence-electron chi connectivity index (χ0n) is 12.8. The van der Waals surface area contributed by atoms with E-state index in [1.807, 2.05) is 24.3 Å². The van der Waals surface area contributed by atoms with E-state index in [1.54, 1.807) is 18.2 Å². The van der Waals surface area contributed by atoms with Crippen molar-refractivity contribution in [3.63, 3.8) is 0 Å². The van der Waals surface area contributed by atoms with Crippen molar-refractivity contribution < 1.29 is 10.0 Å². The van der Waals surface area contributed by atoms with Gasteiger partial charge in [-0.15, -0.1) is 0 Å². The van der Waals surface area contributed by atoms with E-state index >= 15 is 0 Å². The molecular weight excluding hydrogens is 294 g/mol. The van der Waals surface area contributed by atoms with Crippen LogP contribution in [0.4, 0.5) is 11.4 Å². The molecule has 0 aliphatic carbocycles. The summed E-state index contributed by atoms with van der Waals surface area (Å²) >= 11 is 0. The number of nitrogens with zero attached hydrogens (tertiary/aromatic N) is 3. The van der Waals surface area contributed by atoms with E-state index in [9.17, 15) is 15.2 Å². The highest BCUT2D eigenvalue weighted by Crippen LogP contribution is 2.27. The number of phenolic OH excluding ortho intramolecular Hbond substituents is 1. The number of hydrogen-bond donors (Lipinski definition) is 1. The lowest BCUT2D eigenvalue weighted by molar-refractivity contribution is -0.384. The van der Waals surface area contributed by atoms with Crippen molar-refractivity contribution in [1.29, 1.82) is 0 Å². The van der Waals surface area contributed by atoms with Crippen LogP contribution in [0.5, 0.6) is 5.75 Å². The summed E-state index contributed by atoms with van der Waals surface area (Å²) in [5, 5.41) is 20.8. The van der Waals surface area contributed by atoms with E-state index in [-0.39, 0.29) is 10.6 Å². The molecule has 0 unspecified atom stereocenters. The first-order chi connectivity index (χ1) is 11.1. The Labute approximate surface area is 134 Å². The van der Waals surface area contributed by atoms with Crippen LogP contribution < -0.4 is 4.90 Å². The molecule has 0 atom stereocenters. The van der Waals surface area contributed by atoms with Crippen molar-refractivity contribution >= 4 is 11.4 Å². The lowest BCUT2D eigenvalue weighted by atomic mass is 10.1. The molecule has 1 aliphatic heterocycles. The molecule has 0 amide bonds. The molecule has 0 radical (unpaired) electrons. The van der Waals surface area contributed by atoms with Crippen LogP contribution in [0.25, 0.3) is 0 Å². The Hall–Kier alpha value is -2.60. The Balaban J connectivity index is 1.60. The molecule has 120 valence electrons. The van der Waals surface area contributed by atoms with Crippen LogP contribution in [0, 0.1) is 10.1 Å². The molecule has 2 aromatic carbocycles. The standard InChI is InChI=1S/C17H19N3O3/c21-17-7-2-1-6-16(17)19-10-8-18(9-11-19)13-14-4-3-5-15(12-14)20(22)23/h1-7,12,21H,8-11,13H2. The number of phenols is 1. The number of rotatable bonds is 4. The van der Waals surface area contributed by atoms with Gasteiger partial charge in [-0.25, -0.2) is 0 Å². The van der Waals surface area contributed by atoms with Crippen molar-refractivity contribution in [3.8, 4) is 5.75 Å². The Morgan fingerprint density at radius 3 is 2.48 bits per heavy atom. The average molecular weight is 313 g/mol. The smallest absolute Gasteiger partial charge is 0.269 e. The Morgan fingerprint density at radius 2 is 1.78 bits per heavy atom. The topological polar surface area (TPSA) is 69.9 Å². The molecule has 3 rings (SSSR count). The number of nitro groups is 1. The maximum absolute atomic E-state index is 10.8. The lowest BCUT2D eigenvalue weighted by Crippen LogP contribution is -2.45. The van der Waals surface area contributed by atoms with Crippen LogP contribution >= 0.6 is 0 Å². The summed E-state index contributed by atoms with van der Waals surface area (Å²) in [4.78, 5) is 14.9. The van der Waals surface area contributed by atoms with Crippen molar-refractivity contribution in [2.24, 2.45) is 0 Å². The van der Waals surface area contributed by atoms with Gasteiger partial charge < -0.3 is 10.0 Å². The highest BCUT2D eigenvalue weighted by atomic mass is 16.6. The van der Waals surface area contributed by atoms with Gasteiger partial charge in [0.05, 0.1) is 10.6 Å². The molecule has 0 bridgehead atoms. The van der Waals surface area contributed by atoms with Crippen LogP contribution in [-0.2, 0) is 6.54 Å². The van der Waals surface area contributed by atoms with Gasteiger partial charge >= 0.3 is 0 Å². The maximum Gasteiger partial charge on any atom is 0.269 e. The summed E-state index contributed by atoms with van der Waals surface area (Å²) in [6.45, 7) is 4.07. The third-order valence-electron chi connectivity index (χ3n) is 4.12. The quantitative estimate of drug-likeness (QED) is 0.694. The second-order valence-corrected chi connectivity index (χ2v) is 5.68. The zero-order chi connectivity index (χ0) is 16.2. The van der Waals surface area contributed by atoms with E-state index in [2.05, 4.69) is 9.80 Å². The summed E-state index contributed by atoms with van der Waals surface area (Å²) in [6.07, 6.45) is 0. The largest absolute Gasteiger partial charge is 0.506 e. The van der Waals surface area contributed by atoms with Gasteiger partial charge in [-0.3, -0.25) is 15.0 Å². The van der Waals surface area contributed by atoms with Crippen LogP contribution in [0.3, 0.4) is 0 Å². The van der Waals surface area contributed by atoms with Gasteiger partial charge in [0, 0.05) is 44.9 Å². The molecular formula is C17H19N3O3. The lowest BCUT2D eigenvalue weighted by Gasteiger charge is -2.36. The van der Waals surface area contributed by atoms with Crippen molar-refractivity contribution in [1.82, 2.24) is 4.90 Å². The molecule has 1 heterocycles. The molecule has 1 saturated heterocycles. The van der Waals surface area contributed by atoms with E-state index in [0.717, 1.165) is 37.4 Å². The van der Waals surface area contributed by atoms with Crippen molar-refractivity contribution in [2.45, 2.75) is 6.54 Å². The van der Waals surface area contributed by atoms with Gasteiger partial charge in [-0.1, -0.05) is 24.3 Å². The first-order valence-corrected chi connectivity index (χ1v) is 7.62. The summed E-state index contributed by atoms with van der Waals surface area (Å²) in [5.74, 6) is 0.305. The molecule has 0 aromatic heterocycles. The van der Waals surface area contributed by atoms with Gasteiger partial charge in [-0.2, -0.15) is 0 Å². The molecule has 1 fully saturated rings. The predicted octanol–water partition coefficient (Wildman–Crippen LogP) is 2.62. The minimum absolute atomic E-state index is 0.135. The number of nitro benzene ring substituents is 1. The van der Waals surface area contributed by atoms with Crippen LogP contribution in [0.2, 0.25) is 0 Å². The fourth-order valence-electron chi connectivity index (χ4n) is 2.91. The number of benzene rings is 2. The van der Waals surface area contributed by atoms with Crippen molar-refractivity contribution in [3.05, 3.63) is 64.2 Å². The SMILES string of the molecule is O=[N+]([O-])c1cccc(CN2CCN(c3ccccc3O)CC2)c1. The minimum atomic E-state index is -0.361. The third-order valence-corrected chi connectivity index (χ3v) is 4.12. The summed E-state index contributed by atoms with van der Waals surface area (Å²) < 4.78 is 0. The number of non-ortho nitro benzene ring substituents is 1. The summed E-state index contributed by atoms with van der Waals surface area (Å²) in [7, 11) is 0. The third kappa shape index (κ3) is 3.60. The van der Waals surface area contributed by atoms with Gasteiger partial charge in [0.1, 0.15) is 5.75 Å². The van der Waals surface area contributed by atoms with Gasteiger partial charge in [-0.05, 0) is 17.7 Å². The van der Waals surface area contributed by atoms with Crippen LogP contribution in [0.1, 0.15) is 5.56 Å². The predicted molar refractivity (Wildman–Crippen MR) is 88.7 cm³/mol. The Morgan fingerprint density at radius 1 is 1.04 bits per heavy atom. The monoisotopic (exact) mass is 313 g/mol. The first-order valence-electron chi connectivity index (χ1n) is 7.62. The molecule has 0 spiro atoms. The number of hydrogen-bond acceptors (Lipinski definition) is 5. The Kier molecular flexibility index (Phi) is 4.43. The average Bonchev–Trinajstić information content (AvgIpc) is 2.56. The number of para-hydroxylation sites is 2. The normalized spacial score (nSPS) is 15.6. The number of anilines is 1. The highest BCUT2D eigenvalue weighted by molar-refractivity contribution is 5.57. The Bertz CT molecular complexity index is 697. The second-order valence-electron chi connectivity index (χ2n) is 5.68. The minimum Gasteiger partial charge on any atom is -0.506 e. The first kappa shape index (κ1) is 15.3. The van der Waals surface area contributed by atoms with Crippen LogP contribution in [-0.4, -0.2) is 41.1 Å². The number of aromatic hydroxyl groups is 1. The fraction of sp³-hybridized carbons (Fsp3) is 0.294. The van der Waals surface area contributed by atoms with E-state index in [4.69, 9.17) is 0 Å². The molecule has 6 heteroatoms. The molecule has 1 N–H and O–H groups in total. The fourth-order valence-corrected chi connectivity index (χ4v) is 2.91. The molecule has 6 nitrogen and oxygen atoms in total. The van der Waals surface area contributed by atoms with E-state index in [0.29, 0.717) is 12.3 Å². The molecule has 0 saturated carbocycles. The van der Waals surface area contributed by atoms with Gasteiger partial charge in [0.25, 0.3) is 5.69 Å². The molecule has 23 heavy (non-hydrogen) atoms. The van der Waals surface area contributed by atoms with E-state index < -0.39 is 0 Å². The van der Waals surface area contributed by atoms with Gasteiger partial charge in [0.15, 0.2) is 0 Å². The maximum atomic E-state index is 10.8. The second kappa shape index (κ2) is 6.66. The summed E-state index contributed by atoms with van der Waals surface area (Å²) in [6, 6.07) is 14.2. The molecule has 2 aromatic rings. The highest BCUT2D eigenvalue weighted by Gasteiger charge is 2.19. The van der Waals surface area contributed by atoms with E-state index in [1.165, 1.54) is 6.07 Å². The number of piperazine rings is 1. The zero-order valence-corrected chi connectivity index (χ0v) is 12.8. The summed E-state index contributed by atoms with van der Waals surface area (Å²) in [5.41, 5.74) is 1.95. The van der Waals surface area contributed by atoms with Gasteiger partial charge in [0.2, 0.25) is 0 Å². The molecule has 1 aliphatic rings. The van der Waals surface area contributed by atoms with Crippen molar-refractivity contribution in [2.75, 3.05) is 31.1 Å². The van der Waals surface area contributed by atoms with Crippen LogP contribution in [0.15, 0.2) is 48.5 Å².